The van der Waals surface area contributed by atoms with Gasteiger partial charge in [0.15, 0.2) is 0 Å². The number of fused-ring (bicyclic) bond motifs is 1. The van der Waals surface area contributed by atoms with Crippen molar-refractivity contribution >= 4 is 0 Å². The lowest BCUT2D eigenvalue weighted by atomic mass is 10.1. The number of hydrogen-bond acceptors (Lipinski definition) is 3. The molecule has 1 heterocycles. The molecule has 1 fully saturated rings. The van der Waals surface area contributed by atoms with Crippen LogP contribution in [0.15, 0.2) is 18.2 Å². The second-order valence-electron chi connectivity index (χ2n) is 4.97. The van der Waals surface area contributed by atoms with Gasteiger partial charge >= 0.3 is 0 Å². The highest BCUT2D eigenvalue weighted by Crippen LogP contribution is 2.27. The van der Waals surface area contributed by atoms with Crippen LogP contribution in [-0.2, 0) is 17.6 Å². The van der Waals surface area contributed by atoms with Crippen molar-refractivity contribution in [2.75, 3.05) is 13.2 Å². The van der Waals surface area contributed by atoms with E-state index < -0.39 is 0 Å². The van der Waals surface area contributed by atoms with Gasteiger partial charge in [-0.3, -0.25) is 0 Å². The highest BCUT2D eigenvalue weighted by atomic mass is 16.5. The molecule has 3 nitrogen and oxygen atoms in total. The Morgan fingerprint density at radius 2 is 2.12 bits per heavy atom. The number of aryl methyl sites for hydroxylation is 2. The summed E-state index contributed by atoms with van der Waals surface area (Å²) >= 11 is 0. The largest absolute Gasteiger partial charge is 0.486 e. The maximum absolute atomic E-state index is 6.03. The van der Waals surface area contributed by atoms with Crippen molar-refractivity contribution in [1.82, 2.24) is 0 Å². The van der Waals surface area contributed by atoms with E-state index in [1.54, 1.807) is 0 Å². The van der Waals surface area contributed by atoms with Gasteiger partial charge in [0.05, 0.1) is 6.61 Å². The molecule has 17 heavy (non-hydrogen) atoms. The van der Waals surface area contributed by atoms with Crippen molar-refractivity contribution in [3.63, 3.8) is 0 Å². The molecule has 1 saturated heterocycles. The summed E-state index contributed by atoms with van der Waals surface area (Å²) in [6, 6.07) is 6.51. The fourth-order valence-corrected chi connectivity index (χ4v) is 2.65. The summed E-state index contributed by atoms with van der Waals surface area (Å²) in [5, 5.41) is 0. The molecule has 1 aliphatic heterocycles. The van der Waals surface area contributed by atoms with Crippen LogP contribution in [0, 0.1) is 0 Å². The van der Waals surface area contributed by atoms with Crippen LogP contribution in [0.25, 0.3) is 0 Å². The number of nitrogens with two attached hydrogens (primary N) is 1. The van der Waals surface area contributed by atoms with Gasteiger partial charge in [0, 0.05) is 12.6 Å². The maximum Gasteiger partial charge on any atom is 0.137 e. The first-order valence-corrected chi connectivity index (χ1v) is 6.45. The molecule has 2 unspecified atom stereocenters. The Kier molecular flexibility index (Phi) is 3.04. The van der Waals surface area contributed by atoms with Gasteiger partial charge in [-0.15, -0.1) is 0 Å². The molecule has 2 atom stereocenters. The van der Waals surface area contributed by atoms with E-state index in [0.29, 0.717) is 6.61 Å². The quantitative estimate of drug-likeness (QED) is 0.845. The lowest BCUT2D eigenvalue weighted by Gasteiger charge is -2.29. The minimum absolute atomic E-state index is 0.00297. The van der Waals surface area contributed by atoms with Crippen molar-refractivity contribution in [2.24, 2.45) is 5.73 Å². The molecule has 0 aromatic heterocycles. The Hall–Kier alpha value is -1.06. The normalized spacial score (nSPS) is 27.8. The summed E-state index contributed by atoms with van der Waals surface area (Å²) in [5.41, 5.74) is 8.95. The Bertz CT molecular complexity index is 405. The second kappa shape index (κ2) is 4.67. The van der Waals surface area contributed by atoms with E-state index in [2.05, 4.69) is 18.2 Å². The standard InChI is InChI=1S/C14H19NO2/c15-13-6-7-16-9-14(13)17-12-5-4-10-2-1-3-11(10)8-12/h4-5,8,13-14H,1-3,6-7,9,15H2. The van der Waals surface area contributed by atoms with Gasteiger partial charge in [0.1, 0.15) is 11.9 Å². The molecule has 2 N–H and O–H groups in total. The minimum atomic E-state index is 0.00297. The van der Waals surface area contributed by atoms with Gasteiger partial charge in [0.25, 0.3) is 0 Å². The summed E-state index contributed by atoms with van der Waals surface area (Å²) in [7, 11) is 0. The van der Waals surface area contributed by atoms with Gasteiger partial charge in [-0.25, -0.2) is 0 Å². The molecule has 0 spiro atoms. The second-order valence-corrected chi connectivity index (χ2v) is 4.97. The molecule has 1 aliphatic carbocycles. The van der Waals surface area contributed by atoms with Crippen molar-refractivity contribution in [3.05, 3.63) is 29.3 Å². The number of benzene rings is 1. The molecule has 0 radical (unpaired) electrons. The van der Waals surface area contributed by atoms with E-state index in [0.717, 1.165) is 18.8 Å². The van der Waals surface area contributed by atoms with Gasteiger partial charge < -0.3 is 15.2 Å². The van der Waals surface area contributed by atoms with Gasteiger partial charge in [0.2, 0.25) is 0 Å². The van der Waals surface area contributed by atoms with Crippen LogP contribution in [0.1, 0.15) is 24.0 Å². The average Bonchev–Trinajstić information content (AvgIpc) is 2.79. The molecule has 92 valence electrons. The minimum Gasteiger partial charge on any atom is -0.486 e. The molecular weight excluding hydrogens is 214 g/mol. The fraction of sp³-hybridized carbons (Fsp3) is 0.571. The Balaban J connectivity index is 1.72. The van der Waals surface area contributed by atoms with Crippen molar-refractivity contribution < 1.29 is 9.47 Å². The zero-order valence-electron chi connectivity index (χ0n) is 10.0. The molecule has 0 saturated carbocycles. The summed E-state index contributed by atoms with van der Waals surface area (Å²) in [6.45, 7) is 1.36. The van der Waals surface area contributed by atoms with Crippen LogP contribution in [0.3, 0.4) is 0 Å². The van der Waals surface area contributed by atoms with Crippen LogP contribution >= 0.6 is 0 Å². The molecular formula is C14H19NO2. The molecule has 1 aromatic rings. The summed E-state index contributed by atoms with van der Waals surface area (Å²) in [5.74, 6) is 0.941. The fourth-order valence-electron chi connectivity index (χ4n) is 2.65. The topological polar surface area (TPSA) is 44.5 Å². The zero-order chi connectivity index (χ0) is 11.7. The molecule has 3 heteroatoms. The highest BCUT2D eigenvalue weighted by molar-refractivity contribution is 5.38. The third kappa shape index (κ3) is 2.31. The first-order valence-electron chi connectivity index (χ1n) is 6.45. The summed E-state index contributed by atoms with van der Waals surface area (Å²) < 4.78 is 11.4. The molecule has 0 bridgehead atoms. The zero-order valence-corrected chi connectivity index (χ0v) is 10.0. The van der Waals surface area contributed by atoms with E-state index >= 15 is 0 Å². The van der Waals surface area contributed by atoms with Crippen molar-refractivity contribution in [3.8, 4) is 5.75 Å². The maximum atomic E-state index is 6.03. The van der Waals surface area contributed by atoms with Crippen molar-refractivity contribution in [2.45, 2.75) is 37.8 Å². The van der Waals surface area contributed by atoms with E-state index in [1.165, 1.54) is 30.4 Å². The van der Waals surface area contributed by atoms with Crippen LogP contribution in [0.5, 0.6) is 5.75 Å². The molecule has 0 amide bonds. The number of hydrogen-bond donors (Lipinski definition) is 1. The van der Waals surface area contributed by atoms with E-state index in [1.807, 2.05) is 0 Å². The van der Waals surface area contributed by atoms with Gasteiger partial charge in [-0.05, 0) is 48.9 Å². The monoisotopic (exact) mass is 233 g/mol. The number of ether oxygens (including phenoxy) is 2. The Morgan fingerprint density at radius 1 is 1.24 bits per heavy atom. The average molecular weight is 233 g/mol. The highest BCUT2D eigenvalue weighted by Gasteiger charge is 2.24. The lowest BCUT2D eigenvalue weighted by molar-refractivity contribution is -0.00534. The smallest absolute Gasteiger partial charge is 0.137 e. The van der Waals surface area contributed by atoms with Gasteiger partial charge in [-0.2, -0.15) is 0 Å². The molecule has 3 rings (SSSR count). The Labute approximate surface area is 102 Å². The summed E-state index contributed by atoms with van der Waals surface area (Å²) in [6.07, 6.45) is 4.55. The summed E-state index contributed by atoms with van der Waals surface area (Å²) in [4.78, 5) is 0. The molecule has 1 aromatic carbocycles. The van der Waals surface area contributed by atoms with Crippen LogP contribution in [0.4, 0.5) is 0 Å². The van der Waals surface area contributed by atoms with E-state index in [4.69, 9.17) is 15.2 Å². The van der Waals surface area contributed by atoms with Crippen LogP contribution in [0.2, 0.25) is 0 Å². The van der Waals surface area contributed by atoms with Crippen molar-refractivity contribution in [1.29, 1.82) is 0 Å². The van der Waals surface area contributed by atoms with Crippen LogP contribution < -0.4 is 10.5 Å². The first kappa shape index (κ1) is 11.1. The van der Waals surface area contributed by atoms with E-state index in [9.17, 15) is 0 Å². The Morgan fingerprint density at radius 3 is 3.00 bits per heavy atom. The number of rotatable bonds is 2. The molecule has 2 aliphatic rings. The van der Waals surface area contributed by atoms with Crippen LogP contribution in [-0.4, -0.2) is 25.4 Å². The lowest BCUT2D eigenvalue weighted by Crippen LogP contribution is -2.46. The van der Waals surface area contributed by atoms with Gasteiger partial charge in [-0.1, -0.05) is 6.07 Å². The predicted octanol–water partition coefficient (Wildman–Crippen LogP) is 1.67. The SMILES string of the molecule is NC1CCOCC1Oc1ccc2c(c1)CCC2. The third-order valence-corrected chi connectivity index (χ3v) is 3.71. The van der Waals surface area contributed by atoms with E-state index in [-0.39, 0.29) is 12.1 Å². The first-order chi connectivity index (χ1) is 8.33. The predicted molar refractivity (Wildman–Crippen MR) is 66.3 cm³/mol. The third-order valence-electron chi connectivity index (χ3n) is 3.71.